The highest BCUT2D eigenvalue weighted by Gasteiger charge is 2.13. The van der Waals surface area contributed by atoms with Gasteiger partial charge in [-0.25, -0.2) is 8.78 Å². The highest BCUT2D eigenvalue weighted by molar-refractivity contribution is 5.23. The zero-order valence-electron chi connectivity index (χ0n) is 8.63. The van der Waals surface area contributed by atoms with Gasteiger partial charge in [0.1, 0.15) is 0 Å². The van der Waals surface area contributed by atoms with Gasteiger partial charge in [0.15, 0.2) is 0 Å². The van der Waals surface area contributed by atoms with E-state index in [1.807, 2.05) is 6.08 Å². The van der Waals surface area contributed by atoms with Gasteiger partial charge in [-0.15, -0.1) is 0 Å². The molecular formula is C11H17F2NO. The van der Waals surface area contributed by atoms with E-state index in [9.17, 15) is 8.78 Å². The minimum atomic E-state index is -2.37. The largest absolute Gasteiger partial charge is 0.395 e. The van der Waals surface area contributed by atoms with Crippen LogP contribution >= 0.6 is 0 Å². The van der Waals surface area contributed by atoms with Crippen LogP contribution in [0.4, 0.5) is 8.78 Å². The first kappa shape index (κ1) is 12.3. The number of aliphatic hydroxyl groups excluding tert-OH is 1. The molecule has 0 radical (unpaired) electrons. The molecular weight excluding hydrogens is 200 g/mol. The lowest BCUT2D eigenvalue weighted by Gasteiger charge is -2.16. The Morgan fingerprint density at radius 3 is 2.73 bits per heavy atom. The number of hydrogen-bond donors (Lipinski definition) is 2. The van der Waals surface area contributed by atoms with Gasteiger partial charge in [0.25, 0.3) is 0 Å². The second-order valence-corrected chi connectivity index (χ2v) is 3.65. The Kier molecular flexibility index (Phi) is 5.50. The Balaban J connectivity index is 2.27. The maximum Gasteiger partial charge on any atom is 0.240 e. The molecule has 0 spiro atoms. The summed E-state index contributed by atoms with van der Waals surface area (Å²) >= 11 is 0. The van der Waals surface area contributed by atoms with E-state index in [0.717, 1.165) is 18.4 Å². The van der Waals surface area contributed by atoms with Crippen molar-refractivity contribution in [2.45, 2.75) is 31.7 Å². The second kappa shape index (κ2) is 6.69. The number of hydrogen-bond acceptors (Lipinski definition) is 2. The molecule has 0 amide bonds. The van der Waals surface area contributed by atoms with Crippen LogP contribution in [-0.2, 0) is 0 Å². The summed E-state index contributed by atoms with van der Waals surface area (Å²) in [7, 11) is 0. The van der Waals surface area contributed by atoms with Crippen LogP contribution in [0.5, 0.6) is 0 Å². The molecule has 4 heteroatoms. The Morgan fingerprint density at radius 2 is 2.20 bits per heavy atom. The zero-order chi connectivity index (χ0) is 11.1. The van der Waals surface area contributed by atoms with E-state index >= 15 is 0 Å². The molecule has 15 heavy (non-hydrogen) atoms. The molecule has 0 aliphatic heterocycles. The van der Waals surface area contributed by atoms with E-state index in [4.69, 9.17) is 5.11 Å². The first-order valence-corrected chi connectivity index (χ1v) is 5.20. The monoisotopic (exact) mass is 217 g/mol. The average Bonchev–Trinajstić information content (AvgIpc) is 2.25. The molecule has 1 atom stereocenters. The molecule has 0 fully saturated rings. The van der Waals surface area contributed by atoms with Gasteiger partial charge >= 0.3 is 0 Å². The van der Waals surface area contributed by atoms with Crippen molar-refractivity contribution < 1.29 is 13.9 Å². The van der Waals surface area contributed by atoms with Crippen LogP contribution in [-0.4, -0.2) is 30.7 Å². The third-order valence-corrected chi connectivity index (χ3v) is 2.35. The second-order valence-electron chi connectivity index (χ2n) is 3.65. The molecule has 86 valence electrons. The highest BCUT2D eigenvalue weighted by Crippen LogP contribution is 2.09. The van der Waals surface area contributed by atoms with Gasteiger partial charge in [-0.2, -0.15) is 0 Å². The number of rotatable bonds is 6. The average molecular weight is 217 g/mol. The summed E-state index contributed by atoms with van der Waals surface area (Å²) in [5.41, 5.74) is 1.11. The van der Waals surface area contributed by atoms with Crippen LogP contribution in [0.25, 0.3) is 0 Å². The van der Waals surface area contributed by atoms with Crippen LogP contribution in [0.15, 0.2) is 23.8 Å². The molecule has 0 bridgehead atoms. The summed E-state index contributed by atoms with van der Waals surface area (Å²) in [6.07, 6.45) is 5.53. The highest BCUT2D eigenvalue weighted by atomic mass is 19.3. The van der Waals surface area contributed by atoms with Crippen LogP contribution in [0.3, 0.4) is 0 Å². The Bertz CT molecular complexity index is 239. The van der Waals surface area contributed by atoms with Crippen molar-refractivity contribution in [3.63, 3.8) is 0 Å². The first-order chi connectivity index (χ1) is 7.22. The van der Waals surface area contributed by atoms with E-state index in [1.165, 1.54) is 0 Å². The van der Waals surface area contributed by atoms with Gasteiger partial charge in [0, 0.05) is 19.0 Å². The number of halogens is 2. The van der Waals surface area contributed by atoms with Gasteiger partial charge in [0.2, 0.25) is 6.43 Å². The number of alkyl halides is 2. The molecule has 0 aromatic heterocycles. The van der Waals surface area contributed by atoms with Crippen LogP contribution in [0, 0.1) is 0 Å². The molecule has 0 saturated carbocycles. The molecule has 1 rings (SSSR count). The molecule has 0 aromatic rings. The minimum Gasteiger partial charge on any atom is -0.395 e. The fraction of sp³-hybridized carbons (Fsp3) is 0.636. The summed E-state index contributed by atoms with van der Waals surface area (Å²) < 4.78 is 24.1. The Hall–Kier alpha value is -0.740. The fourth-order valence-electron chi connectivity index (χ4n) is 1.50. The molecule has 0 saturated heterocycles. The molecule has 0 aromatic carbocycles. The van der Waals surface area contributed by atoms with E-state index in [-0.39, 0.29) is 13.0 Å². The molecule has 1 aliphatic rings. The maximum absolute atomic E-state index is 12.1. The van der Waals surface area contributed by atoms with Crippen molar-refractivity contribution in [2.24, 2.45) is 0 Å². The lowest BCUT2D eigenvalue weighted by molar-refractivity contribution is 0.106. The van der Waals surface area contributed by atoms with Crippen molar-refractivity contribution in [2.75, 3.05) is 13.2 Å². The smallest absolute Gasteiger partial charge is 0.240 e. The third-order valence-electron chi connectivity index (χ3n) is 2.35. The molecule has 2 N–H and O–H groups in total. The Morgan fingerprint density at radius 1 is 1.40 bits per heavy atom. The minimum absolute atomic E-state index is 0.249. The van der Waals surface area contributed by atoms with Crippen LogP contribution in [0.1, 0.15) is 19.3 Å². The van der Waals surface area contributed by atoms with E-state index in [0.29, 0.717) is 6.54 Å². The zero-order valence-corrected chi connectivity index (χ0v) is 8.63. The summed E-state index contributed by atoms with van der Waals surface area (Å²) in [5.74, 6) is 0. The predicted molar refractivity (Wildman–Crippen MR) is 56.0 cm³/mol. The van der Waals surface area contributed by atoms with Crippen molar-refractivity contribution in [1.82, 2.24) is 5.32 Å². The summed E-state index contributed by atoms with van der Waals surface area (Å²) in [6, 6.07) is -0.513. The van der Waals surface area contributed by atoms with Gasteiger partial charge in [-0.05, 0) is 18.4 Å². The van der Waals surface area contributed by atoms with Gasteiger partial charge in [-0.1, -0.05) is 18.2 Å². The predicted octanol–water partition coefficient (Wildman–Crippen LogP) is 1.87. The summed E-state index contributed by atoms with van der Waals surface area (Å²) in [4.78, 5) is 0. The standard InChI is InChI=1S/C11H17F2NO/c12-11(13)6-10(8-15)14-7-9-4-2-1-3-5-9/h2,4-5,10-11,14-15H,1,3,6-8H2. The third kappa shape index (κ3) is 5.04. The molecule has 2 nitrogen and oxygen atoms in total. The van der Waals surface area contributed by atoms with E-state index in [2.05, 4.69) is 17.5 Å². The first-order valence-electron chi connectivity index (χ1n) is 5.20. The molecule has 1 unspecified atom stereocenters. The van der Waals surface area contributed by atoms with Crippen molar-refractivity contribution in [1.29, 1.82) is 0 Å². The lowest BCUT2D eigenvalue weighted by atomic mass is 10.1. The quantitative estimate of drug-likeness (QED) is 0.712. The van der Waals surface area contributed by atoms with Crippen molar-refractivity contribution in [3.05, 3.63) is 23.8 Å². The number of aliphatic hydroxyl groups is 1. The van der Waals surface area contributed by atoms with E-state index < -0.39 is 12.5 Å². The Labute approximate surface area is 88.7 Å². The fourth-order valence-corrected chi connectivity index (χ4v) is 1.50. The lowest BCUT2D eigenvalue weighted by Crippen LogP contribution is -2.35. The van der Waals surface area contributed by atoms with Crippen molar-refractivity contribution in [3.8, 4) is 0 Å². The van der Waals surface area contributed by atoms with Gasteiger partial charge in [0.05, 0.1) is 6.61 Å². The maximum atomic E-state index is 12.1. The molecule has 1 aliphatic carbocycles. The van der Waals surface area contributed by atoms with E-state index in [1.54, 1.807) is 0 Å². The summed E-state index contributed by atoms with van der Waals surface area (Å²) in [5, 5.41) is 11.8. The number of allylic oxidation sites excluding steroid dienone is 2. The summed E-state index contributed by atoms with van der Waals surface area (Å²) in [6.45, 7) is 0.301. The van der Waals surface area contributed by atoms with Crippen molar-refractivity contribution >= 4 is 0 Å². The SMILES string of the molecule is OCC(CC(F)F)NCC1=CCCC=C1. The molecule has 0 heterocycles. The van der Waals surface area contributed by atoms with Gasteiger partial charge < -0.3 is 10.4 Å². The normalized spacial score (nSPS) is 18.0. The number of nitrogens with one attached hydrogen (secondary N) is 1. The van der Waals surface area contributed by atoms with Gasteiger partial charge in [-0.3, -0.25) is 0 Å². The van der Waals surface area contributed by atoms with Crippen LogP contribution in [0.2, 0.25) is 0 Å². The topological polar surface area (TPSA) is 32.3 Å². The van der Waals surface area contributed by atoms with Crippen LogP contribution < -0.4 is 5.32 Å².